The molecule has 1 fully saturated rings. The number of halogens is 1. The molecule has 0 aromatic heterocycles. The number of fused-ring (bicyclic) bond motifs is 1. The molecule has 5 rings (SSSR count). The zero-order valence-corrected chi connectivity index (χ0v) is 18.9. The summed E-state index contributed by atoms with van der Waals surface area (Å²) in [7, 11) is 0. The van der Waals surface area contributed by atoms with E-state index in [1.54, 1.807) is 42.5 Å². The van der Waals surface area contributed by atoms with Crippen molar-refractivity contribution in [2.75, 3.05) is 0 Å². The molecule has 4 nitrogen and oxygen atoms in total. The Morgan fingerprint density at radius 1 is 0.853 bits per heavy atom. The molecule has 2 amide bonds. The van der Waals surface area contributed by atoms with Crippen LogP contribution in [0.2, 0.25) is 0 Å². The fraction of sp³-hybridized carbons (Fsp3) is 0.0714. The van der Waals surface area contributed by atoms with Crippen LogP contribution < -0.4 is 4.74 Å². The van der Waals surface area contributed by atoms with Crippen molar-refractivity contribution in [3.05, 3.63) is 118 Å². The molecule has 1 aliphatic heterocycles. The Labute approximate surface area is 200 Å². The van der Waals surface area contributed by atoms with E-state index in [9.17, 15) is 14.0 Å². The minimum atomic E-state index is -0.321. The van der Waals surface area contributed by atoms with Gasteiger partial charge in [-0.3, -0.25) is 14.5 Å². The molecule has 0 saturated carbocycles. The largest absolute Gasteiger partial charge is 0.489 e. The molecule has 4 aromatic carbocycles. The molecular formula is C28H20FNO3S. The van der Waals surface area contributed by atoms with Crippen LogP contribution in [0.15, 0.2) is 95.9 Å². The van der Waals surface area contributed by atoms with Gasteiger partial charge in [-0.05, 0) is 57.9 Å². The average molecular weight is 470 g/mol. The number of carbonyl (C=O) groups is 2. The topological polar surface area (TPSA) is 46.6 Å². The van der Waals surface area contributed by atoms with Crippen LogP contribution in [0.1, 0.15) is 16.7 Å². The highest BCUT2D eigenvalue weighted by atomic mass is 32.2. The summed E-state index contributed by atoms with van der Waals surface area (Å²) in [5, 5.41) is 1.79. The molecule has 168 valence electrons. The van der Waals surface area contributed by atoms with E-state index >= 15 is 0 Å². The van der Waals surface area contributed by atoms with E-state index in [2.05, 4.69) is 0 Å². The summed E-state index contributed by atoms with van der Waals surface area (Å²) in [4.78, 5) is 27.3. The van der Waals surface area contributed by atoms with Crippen LogP contribution in [0, 0.1) is 5.82 Å². The molecule has 1 aliphatic rings. The third-order valence-electron chi connectivity index (χ3n) is 5.59. The van der Waals surface area contributed by atoms with E-state index < -0.39 is 0 Å². The van der Waals surface area contributed by atoms with Gasteiger partial charge in [0.25, 0.3) is 11.1 Å². The summed E-state index contributed by atoms with van der Waals surface area (Å²) in [5.41, 5.74) is 2.11. The summed E-state index contributed by atoms with van der Waals surface area (Å²) in [6.07, 6.45) is 1.68. The number of ether oxygens (including phenoxy) is 1. The molecule has 4 aromatic rings. The second kappa shape index (κ2) is 9.53. The first kappa shape index (κ1) is 21.9. The van der Waals surface area contributed by atoms with Gasteiger partial charge in [-0.1, -0.05) is 72.8 Å². The number of imide groups is 1. The van der Waals surface area contributed by atoms with Crippen LogP contribution >= 0.6 is 11.8 Å². The first-order chi connectivity index (χ1) is 16.6. The first-order valence-corrected chi connectivity index (χ1v) is 11.6. The minimum Gasteiger partial charge on any atom is -0.489 e. The number of hydrogen-bond donors (Lipinski definition) is 0. The van der Waals surface area contributed by atoms with Crippen molar-refractivity contribution in [2.45, 2.75) is 13.2 Å². The first-order valence-electron chi connectivity index (χ1n) is 10.8. The fourth-order valence-electron chi connectivity index (χ4n) is 3.86. The molecule has 0 bridgehead atoms. The lowest BCUT2D eigenvalue weighted by Crippen LogP contribution is -2.27. The molecule has 0 aliphatic carbocycles. The Morgan fingerprint density at radius 3 is 2.47 bits per heavy atom. The normalized spacial score (nSPS) is 14.9. The second-order valence-corrected chi connectivity index (χ2v) is 8.85. The Hall–Kier alpha value is -3.90. The van der Waals surface area contributed by atoms with Crippen molar-refractivity contribution in [2.24, 2.45) is 0 Å². The van der Waals surface area contributed by atoms with Gasteiger partial charge in [0, 0.05) is 5.56 Å². The Morgan fingerprint density at radius 2 is 1.59 bits per heavy atom. The van der Waals surface area contributed by atoms with Gasteiger partial charge in [0.15, 0.2) is 0 Å². The van der Waals surface area contributed by atoms with E-state index in [1.165, 1.54) is 11.0 Å². The number of hydrogen-bond acceptors (Lipinski definition) is 4. The summed E-state index contributed by atoms with van der Waals surface area (Å²) in [6, 6.07) is 27.4. The van der Waals surface area contributed by atoms with Gasteiger partial charge in [-0.2, -0.15) is 0 Å². The summed E-state index contributed by atoms with van der Waals surface area (Å²) in [6.45, 7) is 0.312. The van der Waals surface area contributed by atoms with E-state index in [1.807, 2.05) is 48.5 Å². The van der Waals surface area contributed by atoms with Crippen molar-refractivity contribution >= 4 is 39.8 Å². The van der Waals surface area contributed by atoms with Crippen molar-refractivity contribution in [3.8, 4) is 5.75 Å². The van der Waals surface area contributed by atoms with Gasteiger partial charge in [-0.15, -0.1) is 0 Å². The predicted octanol–water partition coefficient (Wildman–Crippen LogP) is 6.79. The molecule has 0 N–H and O–H groups in total. The summed E-state index contributed by atoms with van der Waals surface area (Å²) in [5.74, 6) is -0.0916. The molecule has 1 heterocycles. The Balaban J connectivity index is 1.33. The minimum absolute atomic E-state index is 0.0949. The number of carbonyl (C=O) groups excluding carboxylic acids is 2. The third kappa shape index (κ3) is 4.58. The average Bonchev–Trinajstić information content (AvgIpc) is 3.11. The molecule has 0 radical (unpaired) electrons. The maximum absolute atomic E-state index is 13.8. The van der Waals surface area contributed by atoms with Gasteiger partial charge in [0.05, 0.1) is 11.4 Å². The molecule has 0 atom stereocenters. The van der Waals surface area contributed by atoms with Gasteiger partial charge in [-0.25, -0.2) is 4.39 Å². The number of rotatable bonds is 6. The molecular weight excluding hydrogens is 449 g/mol. The lowest BCUT2D eigenvalue weighted by atomic mass is 10.0. The van der Waals surface area contributed by atoms with Crippen molar-refractivity contribution in [1.82, 2.24) is 4.90 Å². The van der Waals surface area contributed by atoms with Gasteiger partial charge < -0.3 is 4.74 Å². The Kier molecular flexibility index (Phi) is 6.14. The number of benzene rings is 4. The molecule has 0 unspecified atom stereocenters. The highest BCUT2D eigenvalue weighted by Gasteiger charge is 2.35. The van der Waals surface area contributed by atoms with Gasteiger partial charge >= 0.3 is 0 Å². The summed E-state index contributed by atoms with van der Waals surface area (Å²) < 4.78 is 19.6. The number of amides is 2. The van der Waals surface area contributed by atoms with Crippen molar-refractivity contribution in [1.29, 1.82) is 0 Å². The molecule has 1 saturated heterocycles. The van der Waals surface area contributed by atoms with Gasteiger partial charge in [0.1, 0.15) is 18.2 Å². The number of nitrogens with zero attached hydrogens (tertiary/aromatic N) is 1. The van der Waals surface area contributed by atoms with Crippen molar-refractivity contribution < 1.29 is 18.7 Å². The predicted molar refractivity (Wildman–Crippen MR) is 133 cm³/mol. The molecule has 0 spiro atoms. The lowest BCUT2D eigenvalue weighted by Gasteiger charge is -2.14. The zero-order valence-electron chi connectivity index (χ0n) is 18.1. The maximum atomic E-state index is 13.8. The molecule has 34 heavy (non-hydrogen) atoms. The summed E-state index contributed by atoms with van der Waals surface area (Å²) >= 11 is 0.927. The van der Waals surface area contributed by atoms with Gasteiger partial charge in [0.2, 0.25) is 0 Å². The van der Waals surface area contributed by atoms with Crippen LogP contribution in [-0.4, -0.2) is 16.0 Å². The number of thioether (sulfide) groups is 1. The van der Waals surface area contributed by atoms with E-state index in [0.29, 0.717) is 16.2 Å². The highest BCUT2D eigenvalue weighted by Crippen LogP contribution is 2.34. The van der Waals surface area contributed by atoms with Crippen LogP contribution in [-0.2, 0) is 17.9 Å². The second-order valence-electron chi connectivity index (χ2n) is 7.86. The highest BCUT2D eigenvalue weighted by molar-refractivity contribution is 8.18. The fourth-order valence-corrected chi connectivity index (χ4v) is 4.70. The molecule has 6 heteroatoms. The van der Waals surface area contributed by atoms with E-state index in [0.717, 1.165) is 33.7 Å². The standard InChI is InChI=1S/C28H20FNO3S/c29-25-14-4-2-9-22(25)18-33-23-12-5-7-19(15-23)16-26-27(31)30(28(32)34-26)17-21-11-6-10-20-8-1-3-13-24(20)21/h1-16H,17-18H2/b26-16+. The van der Waals surface area contributed by atoms with Crippen LogP contribution in [0.3, 0.4) is 0 Å². The van der Waals surface area contributed by atoms with Crippen LogP contribution in [0.25, 0.3) is 16.8 Å². The monoisotopic (exact) mass is 469 g/mol. The van der Waals surface area contributed by atoms with Crippen molar-refractivity contribution in [3.63, 3.8) is 0 Å². The lowest BCUT2D eigenvalue weighted by molar-refractivity contribution is -0.123. The van der Waals surface area contributed by atoms with E-state index in [-0.39, 0.29) is 30.1 Å². The zero-order chi connectivity index (χ0) is 23.5. The van der Waals surface area contributed by atoms with E-state index in [4.69, 9.17) is 4.74 Å². The quantitative estimate of drug-likeness (QED) is 0.292. The van der Waals surface area contributed by atoms with Crippen LogP contribution in [0.5, 0.6) is 5.75 Å². The SMILES string of the molecule is O=C1S/C(=C/c2cccc(OCc3ccccc3F)c2)C(=O)N1Cc1cccc2ccccc12. The third-order valence-corrected chi connectivity index (χ3v) is 6.50. The van der Waals surface area contributed by atoms with Crippen LogP contribution in [0.4, 0.5) is 9.18 Å². The Bertz CT molecular complexity index is 1430. The maximum Gasteiger partial charge on any atom is 0.293 e. The smallest absolute Gasteiger partial charge is 0.293 e.